The Labute approximate surface area is 169 Å². The Hall–Kier alpha value is -2.94. The molecule has 29 heavy (non-hydrogen) atoms. The second-order valence-corrected chi connectivity index (χ2v) is 8.58. The average molecular weight is 411 g/mol. The number of benzene rings is 2. The van der Waals surface area contributed by atoms with E-state index in [1.807, 2.05) is 41.2 Å². The average Bonchev–Trinajstić information content (AvgIpc) is 3.30. The Morgan fingerprint density at radius 3 is 2.41 bits per heavy atom. The molecule has 0 spiro atoms. The molecule has 1 fully saturated rings. The summed E-state index contributed by atoms with van der Waals surface area (Å²) in [5, 5.41) is 2.79. The molecule has 0 bridgehead atoms. The maximum atomic E-state index is 12.8. The van der Waals surface area contributed by atoms with E-state index in [1.165, 1.54) is 16.4 Å². The first kappa shape index (κ1) is 19.4. The molecule has 0 atom stereocenters. The highest BCUT2D eigenvalue weighted by molar-refractivity contribution is 7.89. The van der Waals surface area contributed by atoms with Crippen LogP contribution in [0.2, 0.25) is 0 Å². The summed E-state index contributed by atoms with van der Waals surface area (Å²) in [5.41, 5.74) is 1.78. The van der Waals surface area contributed by atoms with Gasteiger partial charge in [-0.25, -0.2) is 8.42 Å². The fourth-order valence-corrected chi connectivity index (χ4v) is 4.64. The van der Waals surface area contributed by atoms with E-state index in [0.717, 1.165) is 5.69 Å². The van der Waals surface area contributed by atoms with Crippen molar-refractivity contribution < 1.29 is 17.9 Å². The maximum Gasteiger partial charge on any atom is 0.255 e. The second-order valence-electron chi connectivity index (χ2n) is 6.64. The lowest BCUT2D eigenvalue weighted by molar-refractivity contribution is 0.0730. The molecular formula is C21H21N3O4S. The summed E-state index contributed by atoms with van der Waals surface area (Å²) >= 11 is 0. The molecule has 2 aromatic carbocycles. The quantitative estimate of drug-likeness (QED) is 0.700. The van der Waals surface area contributed by atoms with Crippen molar-refractivity contribution in [3.8, 4) is 5.69 Å². The lowest BCUT2D eigenvalue weighted by atomic mass is 10.2. The van der Waals surface area contributed by atoms with Gasteiger partial charge in [0.1, 0.15) is 0 Å². The Morgan fingerprint density at radius 1 is 0.931 bits per heavy atom. The highest BCUT2D eigenvalue weighted by Crippen LogP contribution is 2.21. The van der Waals surface area contributed by atoms with Crippen LogP contribution >= 0.6 is 0 Å². The zero-order valence-corrected chi connectivity index (χ0v) is 16.5. The molecular weight excluding hydrogens is 390 g/mol. The van der Waals surface area contributed by atoms with Crippen LogP contribution in [0, 0.1) is 0 Å². The summed E-state index contributed by atoms with van der Waals surface area (Å²) < 4.78 is 34.2. The topological polar surface area (TPSA) is 80.6 Å². The normalized spacial score (nSPS) is 15.2. The van der Waals surface area contributed by atoms with Crippen molar-refractivity contribution in [2.75, 3.05) is 31.6 Å². The maximum absolute atomic E-state index is 12.8. The van der Waals surface area contributed by atoms with Gasteiger partial charge in [0, 0.05) is 42.4 Å². The Morgan fingerprint density at radius 2 is 1.66 bits per heavy atom. The van der Waals surface area contributed by atoms with Crippen molar-refractivity contribution in [2.24, 2.45) is 0 Å². The van der Waals surface area contributed by atoms with E-state index in [-0.39, 0.29) is 10.8 Å². The van der Waals surface area contributed by atoms with Crippen molar-refractivity contribution in [2.45, 2.75) is 4.90 Å². The van der Waals surface area contributed by atoms with Crippen LogP contribution in [0.4, 0.5) is 5.69 Å². The minimum absolute atomic E-state index is 0.151. The first-order chi connectivity index (χ1) is 14.0. The van der Waals surface area contributed by atoms with Gasteiger partial charge in [0.15, 0.2) is 0 Å². The number of carbonyl (C=O) groups excluding carboxylic acids is 1. The van der Waals surface area contributed by atoms with Crippen LogP contribution in [0.5, 0.6) is 0 Å². The van der Waals surface area contributed by atoms with Crippen molar-refractivity contribution in [3.63, 3.8) is 0 Å². The number of hydrogen-bond acceptors (Lipinski definition) is 4. The Balaban J connectivity index is 1.54. The molecule has 1 saturated heterocycles. The van der Waals surface area contributed by atoms with E-state index in [9.17, 15) is 13.2 Å². The number of nitrogens with one attached hydrogen (secondary N) is 1. The van der Waals surface area contributed by atoms with Gasteiger partial charge in [-0.15, -0.1) is 0 Å². The smallest absolute Gasteiger partial charge is 0.255 e. The van der Waals surface area contributed by atoms with E-state index < -0.39 is 10.0 Å². The molecule has 0 saturated carbocycles. The zero-order chi connectivity index (χ0) is 20.3. The molecule has 0 unspecified atom stereocenters. The minimum atomic E-state index is -3.62. The van der Waals surface area contributed by atoms with Gasteiger partial charge in [-0.2, -0.15) is 4.31 Å². The monoisotopic (exact) mass is 411 g/mol. The van der Waals surface area contributed by atoms with Crippen molar-refractivity contribution >= 4 is 21.6 Å². The third-order valence-corrected chi connectivity index (χ3v) is 6.61. The zero-order valence-electron chi connectivity index (χ0n) is 15.7. The van der Waals surface area contributed by atoms with Gasteiger partial charge < -0.3 is 14.6 Å². The molecule has 1 N–H and O–H groups in total. The van der Waals surface area contributed by atoms with E-state index in [0.29, 0.717) is 37.6 Å². The second kappa shape index (κ2) is 8.20. The fourth-order valence-electron chi connectivity index (χ4n) is 3.19. The summed E-state index contributed by atoms with van der Waals surface area (Å²) in [6.07, 6.45) is 3.80. The van der Waals surface area contributed by atoms with E-state index >= 15 is 0 Å². The molecule has 1 aliphatic heterocycles. The molecule has 150 valence electrons. The van der Waals surface area contributed by atoms with Gasteiger partial charge in [-0.1, -0.05) is 12.1 Å². The predicted molar refractivity (Wildman–Crippen MR) is 110 cm³/mol. The fraction of sp³-hybridized carbons (Fsp3) is 0.190. The number of anilines is 1. The van der Waals surface area contributed by atoms with Crippen LogP contribution in [0.3, 0.4) is 0 Å². The number of sulfonamides is 1. The number of rotatable bonds is 5. The summed E-state index contributed by atoms with van der Waals surface area (Å²) in [6, 6.07) is 17.4. The van der Waals surface area contributed by atoms with Crippen LogP contribution in [0.1, 0.15) is 10.4 Å². The van der Waals surface area contributed by atoms with Crippen LogP contribution in [0.15, 0.2) is 78.0 Å². The van der Waals surface area contributed by atoms with Gasteiger partial charge in [0.25, 0.3) is 5.91 Å². The first-order valence-corrected chi connectivity index (χ1v) is 10.7. The molecule has 2 heterocycles. The van der Waals surface area contributed by atoms with Crippen LogP contribution in [-0.4, -0.2) is 49.5 Å². The van der Waals surface area contributed by atoms with Gasteiger partial charge in [-0.05, 0) is 48.5 Å². The van der Waals surface area contributed by atoms with Crippen LogP contribution in [-0.2, 0) is 14.8 Å². The highest BCUT2D eigenvalue weighted by atomic mass is 32.2. The first-order valence-electron chi connectivity index (χ1n) is 9.27. The number of amides is 1. The summed E-state index contributed by atoms with van der Waals surface area (Å²) in [5.74, 6) is -0.306. The molecule has 1 aliphatic rings. The number of hydrogen-bond donors (Lipinski definition) is 1. The van der Waals surface area contributed by atoms with Crippen LogP contribution in [0.25, 0.3) is 5.69 Å². The number of ether oxygens (including phenoxy) is 1. The molecule has 8 heteroatoms. The van der Waals surface area contributed by atoms with Gasteiger partial charge in [-0.3, -0.25) is 4.79 Å². The summed E-state index contributed by atoms with van der Waals surface area (Å²) in [4.78, 5) is 12.9. The highest BCUT2D eigenvalue weighted by Gasteiger charge is 2.26. The van der Waals surface area contributed by atoms with E-state index in [2.05, 4.69) is 5.32 Å². The van der Waals surface area contributed by atoms with Crippen molar-refractivity contribution in [1.29, 1.82) is 0 Å². The third-order valence-electron chi connectivity index (χ3n) is 4.71. The molecule has 4 rings (SSSR count). The number of morpholine rings is 1. The molecule has 1 aromatic heterocycles. The van der Waals surface area contributed by atoms with Gasteiger partial charge in [0.05, 0.1) is 18.1 Å². The molecule has 1 amide bonds. The van der Waals surface area contributed by atoms with E-state index in [1.54, 1.807) is 24.3 Å². The molecule has 3 aromatic rings. The van der Waals surface area contributed by atoms with Gasteiger partial charge >= 0.3 is 0 Å². The number of carbonyl (C=O) groups is 1. The SMILES string of the molecule is O=C(Nc1cccc(S(=O)(=O)N2CCOCC2)c1)c1cccc(-n2cccc2)c1. The predicted octanol–water partition coefficient (Wildman–Crippen LogP) is 2.75. The molecule has 7 nitrogen and oxygen atoms in total. The summed E-state index contributed by atoms with van der Waals surface area (Å²) in [6.45, 7) is 1.41. The number of aromatic nitrogens is 1. The lowest BCUT2D eigenvalue weighted by Gasteiger charge is -2.26. The van der Waals surface area contributed by atoms with Crippen molar-refractivity contribution in [1.82, 2.24) is 8.87 Å². The third kappa shape index (κ3) is 4.24. The standard InChI is InChI=1S/C21H21N3O4S/c25-21(17-5-3-7-19(15-17)23-9-1-2-10-23)22-18-6-4-8-20(16-18)29(26,27)24-11-13-28-14-12-24/h1-10,15-16H,11-14H2,(H,22,25). The van der Waals surface area contributed by atoms with Gasteiger partial charge in [0.2, 0.25) is 10.0 Å². The van der Waals surface area contributed by atoms with Crippen molar-refractivity contribution in [3.05, 3.63) is 78.6 Å². The summed E-state index contributed by atoms with van der Waals surface area (Å²) in [7, 11) is -3.62. The Bertz CT molecular complexity index is 1100. The Kier molecular flexibility index (Phi) is 5.48. The van der Waals surface area contributed by atoms with E-state index in [4.69, 9.17) is 4.74 Å². The minimum Gasteiger partial charge on any atom is -0.379 e. The lowest BCUT2D eigenvalue weighted by Crippen LogP contribution is -2.40. The molecule has 0 radical (unpaired) electrons. The number of nitrogens with zero attached hydrogens (tertiary/aromatic N) is 2. The largest absolute Gasteiger partial charge is 0.379 e. The van der Waals surface area contributed by atoms with Crippen LogP contribution < -0.4 is 5.32 Å². The molecule has 0 aliphatic carbocycles.